The molecule has 0 aromatic heterocycles. The Bertz CT molecular complexity index is 1250. The molecule has 2 amide bonds. The molecule has 12 heteroatoms. The number of halogens is 1. The van der Waals surface area contributed by atoms with Crippen LogP contribution in [0.2, 0.25) is 5.02 Å². The van der Waals surface area contributed by atoms with Crippen LogP contribution in [0, 0.1) is 0 Å². The van der Waals surface area contributed by atoms with Gasteiger partial charge in [0, 0.05) is 31.2 Å². The first kappa shape index (κ1) is 21.8. The smallest absolute Gasteiger partial charge is 0.269 e. The highest BCUT2D eigenvalue weighted by Crippen LogP contribution is 2.30. The standard InChI is InChI=1S/C19H18ClN3O6S2/c20-14-5-7-15(8-6-14)30(26,27)22-11-9-21(10-12-22)18(24)13-23-19(25)16-3-1-2-4-17(16)31(23,28)29/h1-8H,9-13H2. The summed E-state index contributed by atoms with van der Waals surface area (Å²) in [5.41, 5.74) is 0.0363. The van der Waals surface area contributed by atoms with Crippen LogP contribution in [0.25, 0.3) is 0 Å². The topological polar surface area (TPSA) is 112 Å². The van der Waals surface area contributed by atoms with Crippen molar-refractivity contribution in [3.63, 3.8) is 0 Å². The number of nitrogens with zero attached hydrogens (tertiary/aromatic N) is 3. The number of hydrogen-bond acceptors (Lipinski definition) is 6. The van der Waals surface area contributed by atoms with Crippen LogP contribution in [0.5, 0.6) is 0 Å². The summed E-state index contributed by atoms with van der Waals surface area (Å²) in [7, 11) is -7.82. The van der Waals surface area contributed by atoms with Gasteiger partial charge in [0.05, 0.1) is 10.5 Å². The zero-order valence-electron chi connectivity index (χ0n) is 16.1. The van der Waals surface area contributed by atoms with Gasteiger partial charge in [0.2, 0.25) is 15.9 Å². The van der Waals surface area contributed by atoms with Gasteiger partial charge in [0.25, 0.3) is 15.9 Å². The van der Waals surface area contributed by atoms with Gasteiger partial charge in [0.15, 0.2) is 0 Å². The van der Waals surface area contributed by atoms with Gasteiger partial charge in [-0.25, -0.2) is 21.1 Å². The second-order valence-electron chi connectivity index (χ2n) is 7.05. The minimum absolute atomic E-state index is 0.0363. The quantitative estimate of drug-likeness (QED) is 0.641. The molecule has 0 aliphatic carbocycles. The van der Waals surface area contributed by atoms with Gasteiger partial charge in [-0.1, -0.05) is 23.7 Å². The fourth-order valence-electron chi connectivity index (χ4n) is 3.54. The largest absolute Gasteiger partial charge is 0.338 e. The summed E-state index contributed by atoms with van der Waals surface area (Å²) in [5, 5.41) is 0.419. The first-order chi connectivity index (χ1) is 14.6. The average molecular weight is 484 g/mol. The number of sulfonamides is 2. The molecule has 2 aliphatic heterocycles. The molecule has 2 aromatic carbocycles. The molecular weight excluding hydrogens is 466 g/mol. The molecule has 0 atom stereocenters. The van der Waals surface area contributed by atoms with Crippen molar-refractivity contribution >= 4 is 43.5 Å². The third-order valence-electron chi connectivity index (χ3n) is 5.23. The zero-order valence-corrected chi connectivity index (χ0v) is 18.5. The number of carbonyl (C=O) groups excluding carboxylic acids is 2. The minimum atomic E-state index is -4.08. The van der Waals surface area contributed by atoms with E-state index in [9.17, 15) is 26.4 Å². The fraction of sp³-hybridized carbons (Fsp3) is 0.263. The Hall–Kier alpha value is -2.47. The lowest BCUT2D eigenvalue weighted by Crippen LogP contribution is -2.53. The average Bonchev–Trinajstić information content (AvgIpc) is 2.95. The summed E-state index contributed by atoms with van der Waals surface area (Å²) in [6.45, 7) is -0.351. The summed E-state index contributed by atoms with van der Waals surface area (Å²) in [5.74, 6) is -1.30. The van der Waals surface area contributed by atoms with Gasteiger partial charge in [0.1, 0.15) is 11.4 Å². The molecule has 9 nitrogen and oxygen atoms in total. The second kappa shape index (κ2) is 7.90. The Morgan fingerprint density at radius 1 is 0.968 bits per heavy atom. The number of rotatable bonds is 4. The van der Waals surface area contributed by atoms with Crippen LogP contribution in [-0.2, 0) is 24.8 Å². The normalized spacial score (nSPS) is 18.8. The van der Waals surface area contributed by atoms with Crippen LogP contribution >= 0.6 is 11.6 Å². The van der Waals surface area contributed by atoms with E-state index in [0.717, 1.165) is 0 Å². The molecule has 2 aromatic rings. The Morgan fingerprint density at radius 3 is 2.19 bits per heavy atom. The molecule has 0 saturated carbocycles. The van der Waals surface area contributed by atoms with Gasteiger partial charge < -0.3 is 4.90 Å². The third-order valence-corrected chi connectivity index (χ3v) is 9.19. The summed E-state index contributed by atoms with van der Waals surface area (Å²) in [6.07, 6.45) is 0. The second-order valence-corrected chi connectivity index (χ2v) is 11.3. The van der Waals surface area contributed by atoms with E-state index in [1.54, 1.807) is 6.07 Å². The SMILES string of the molecule is O=C(CN1C(=O)c2ccccc2S1(=O)=O)N1CCN(S(=O)(=O)c2ccc(Cl)cc2)CC1. The van der Waals surface area contributed by atoms with Crippen molar-refractivity contribution in [2.24, 2.45) is 0 Å². The van der Waals surface area contributed by atoms with E-state index in [1.807, 2.05) is 0 Å². The van der Waals surface area contributed by atoms with Gasteiger partial charge in [-0.05, 0) is 36.4 Å². The molecule has 0 bridgehead atoms. The molecule has 0 N–H and O–H groups in total. The molecule has 0 spiro atoms. The van der Waals surface area contributed by atoms with Gasteiger partial charge in [-0.2, -0.15) is 4.31 Å². The molecule has 31 heavy (non-hydrogen) atoms. The molecule has 164 valence electrons. The summed E-state index contributed by atoms with van der Waals surface area (Å²) >= 11 is 5.81. The summed E-state index contributed by atoms with van der Waals surface area (Å²) in [4.78, 5) is 26.5. The Balaban J connectivity index is 1.42. The predicted octanol–water partition coefficient (Wildman–Crippen LogP) is 1.02. The van der Waals surface area contributed by atoms with Crippen LogP contribution < -0.4 is 0 Å². The molecule has 0 radical (unpaired) electrons. The Morgan fingerprint density at radius 2 is 1.58 bits per heavy atom. The highest BCUT2D eigenvalue weighted by Gasteiger charge is 2.42. The van der Waals surface area contributed by atoms with E-state index in [0.29, 0.717) is 9.33 Å². The van der Waals surface area contributed by atoms with E-state index >= 15 is 0 Å². The van der Waals surface area contributed by atoms with Crippen molar-refractivity contribution in [3.8, 4) is 0 Å². The maximum atomic E-state index is 12.8. The number of benzene rings is 2. The maximum absolute atomic E-state index is 12.8. The Labute approximate surface area is 184 Å². The van der Waals surface area contributed by atoms with E-state index in [4.69, 9.17) is 11.6 Å². The highest BCUT2D eigenvalue weighted by atomic mass is 35.5. The first-order valence-electron chi connectivity index (χ1n) is 9.32. The number of hydrogen-bond donors (Lipinski definition) is 0. The molecule has 2 aliphatic rings. The first-order valence-corrected chi connectivity index (χ1v) is 12.6. The van der Waals surface area contributed by atoms with E-state index in [2.05, 4.69) is 0 Å². The fourth-order valence-corrected chi connectivity index (χ4v) is 6.61. The molecule has 1 fully saturated rings. The minimum Gasteiger partial charge on any atom is -0.338 e. The lowest BCUT2D eigenvalue weighted by Gasteiger charge is -2.34. The van der Waals surface area contributed by atoms with E-state index in [1.165, 1.54) is 51.7 Å². The van der Waals surface area contributed by atoms with E-state index in [-0.39, 0.29) is 41.5 Å². The summed E-state index contributed by atoms with van der Waals surface area (Å²) in [6, 6.07) is 11.6. The molecule has 2 heterocycles. The van der Waals surface area contributed by atoms with Gasteiger partial charge in [-0.15, -0.1) is 0 Å². The third kappa shape index (κ3) is 3.82. The van der Waals surface area contributed by atoms with Crippen molar-refractivity contribution < 1.29 is 26.4 Å². The van der Waals surface area contributed by atoms with Crippen LogP contribution in [0.1, 0.15) is 10.4 Å². The number of amides is 2. The predicted molar refractivity (Wildman–Crippen MR) is 111 cm³/mol. The van der Waals surface area contributed by atoms with Gasteiger partial charge >= 0.3 is 0 Å². The lowest BCUT2D eigenvalue weighted by molar-refractivity contribution is -0.132. The summed E-state index contributed by atoms with van der Waals surface area (Å²) < 4.78 is 52.6. The monoisotopic (exact) mass is 483 g/mol. The maximum Gasteiger partial charge on any atom is 0.269 e. The van der Waals surface area contributed by atoms with Crippen molar-refractivity contribution in [1.82, 2.24) is 13.5 Å². The van der Waals surface area contributed by atoms with E-state index < -0.39 is 38.4 Å². The lowest BCUT2D eigenvalue weighted by atomic mass is 10.2. The van der Waals surface area contributed by atoms with Crippen molar-refractivity contribution in [3.05, 3.63) is 59.1 Å². The highest BCUT2D eigenvalue weighted by molar-refractivity contribution is 7.90. The van der Waals surface area contributed by atoms with Crippen molar-refractivity contribution in [2.75, 3.05) is 32.7 Å². The number of carbonyl (C=O) groups is 2. The molecule has 1 saturated heterocycles. The molecule has 4 rings (SSSR count). The van der Waals surface area contributed by atoms with Crippen LogP contribution in [0.3, 0.4) is 0 Å². The number of piperazine rings is 1. The van der Waals surface area contributed by atoms with Crippen molar-refractivity contribution in [1.29, 1.82) is 0 Å². The van der Waals surface area contributed by atoms with Crippen molar-refractivity contribution in [2.45, 2.75) is 9.79 Å². The zero-order chi connectivity index (χ0) is 22.4. The van der Waals surface area contributed by atoms with Crippen LogP contribution in [-0.4, -0.2) is 74.9 Å². The van der Waals surface area contributed by atoms with Crippen LogP contribution in [0.4, 0.5) is 0 Å². The number of fused-ring (bicyclic) bond motifs is 1. The molecular formula is C19H18ClN3O6S2. The van der Waals surface area contributed by atoms with Crippen LogP contribution in [0.15, 0.2) is 58.3 Å². The molecule has 0 unspecified atom stereocenters. The Kier molecular flexibility index (Phi) is 5.54. The van der Waals surface area contributed by atoms with Gasteiger partial charge in [-0.3, -0.25) is 9.59 Å².